The average Bonchev–Trinajstić information content (AvgIpc) is 3.22. The maximum absolute atomic E-state index is 10.4. The Morgan fingerprint density at radius 1 is 1.20 bits per heavy atom. The van der Waals surface area contributed by atoms with Crippen molar-refractivity contribution >= 4 is 28.8 Å². The molecule has 0 atom stereocenters. The first-order valence-corrected chi connectivity index (χ1v) is 10.9. The Balaban J connectivity index is 0.000000447. The molecule has 30 heavy (non-hydrogen) atoms. The first kappa shape index (κ1) is 27.7. The summed E-state index contributed by atoms with van der Waals surface area (Å²) in [4.78, 5) is 17.1. The maximum atomic E-state index is 10.4. The molecule has 168 valence electrons. The van der Waals surface area contributed by atoms with Crippen LogP contribution in [-0.4, -0.2) is 36.0 Å². The van der Waals surface area contributed by atoms with E-state index in [1.54, 1.807) is 18.3 Å². The number of hydrogen-bond acceptors (Lipinski definition) is 5. The van der Waals surface area contributed by atoms with E-state index in [0.29, 0.717) is 24.1 Å². The molecule has 0 amide bonds. The summed E-state index contributed by atoms with van der Waals surface area (Å²) in [7, 11) is 0. The third-order valence-electron chi connectivity index (χ3n) is 3.72. The number of carbonyl (C=O) groups is 1. The van der Waals surface area contributed by atoms with E-state index in [1.807, 2.05) is 26.8 Å². The van der Waals surface area contributed by atoms with Crippen molar-refractivity contribution in [1.29, 1.82) is 0 Å². The van der Waals surface area contributed by atoms with Crippen molar-refractivity contribution in [3.63, 3.8) is 0 Å². The van der Waals surface area contributed by atoms with Gasteiger partial charge in [0.25, 0.3) is 0 Å². The molecule has 0 unspecified atom stereocenters. The fourth-order valence-electron chi connectivity index (χ4n) is 2.28. The quantitative estimate of drug-likeness (QED) is 0.338. The number of aldehydes is 1. The largest absolute Gasteiger partial charge is 0.491 e. The van der Waals surface area contributed by atoms with E-state index in [2.05, 4.69) is 29.9 Å². The van der Waals surface area contributed by atoms with Crippen LogP contribution in [0.1, 0.15) is 64.4 Å². The average molecular weight is 438 g/mol. The van der Waals surface area contributed by atoms with Crippen molar-refractivity contribution in [1.82, 2.24) is 9.97 Å². The Kier molecular flexibility index (Phi) is 16.2. The van der Waals surface area contributed by atoms with E-state index in [0.717, 1.165) is 54.5 Å². The van der Waals surface area contributed by atoms with Gasteiger partial charge in [0.05, 0.1) is 17.4 Å². The van der Waals surface area contributed by atoms with Gasteiger partial charge in [-0.3, -0.25) is 4.79 Å². The van der Waals surface area contributed by atoms with E-state index >= 15 is 0 Å². The molecule has 0 radical (unpaired) electrons. The molecule has 0 aliphatic carbocycles. The van der Waals surface area contributed by atoms with Crippen LogP contribution in [0.5, 0.6) is 0 Å². The summed E-state index contributed by atoms with van der Waals surface area (Å²) in [6.45, 7) is 12.4. The highest BCUT2D eigenvalue weighted by molar-refractivity contribution is 6.30. The Morgan fingerprint density at radius 2 is 1.83 bits per heavy atom. The molecule has 1 aliphatic heterocycles. The number of fused-ring (bicyclic) bond motifs is 1. The van der Waals surface area contributed by atoms with Gasteiger partial charge in [0.1, 0.15) is 29.9 Å². The molecule has 1 aliphatic rings. The van der Waals surface area contributed by atoms with E-state index in [4.69, 9.17) is 26.8 Å². The van der Waals surface area contributed by atoms with Gasteiger partial charge in [0, 0.05) is 18.2 Å². The number of halogens is 1. The van der Waals surface area contributed by atoms with Crippen LogP contribution in [0, 0.1) is 0 Å². The number of nitrogens with one attached hydrogen (secondary N) is 1. The maximum Gasteiger partial charge on any atom is 0.166 e. The highest BCUT2D eigenvalue weighted by atomic mass is 35.5. The predicted molar refractivity (Wildman–Crippen MR) is 126 cm³/mol. The number of pyridine rings is 1. The van der Waals surface area contributed by atoms with Crippen molar-refractivity contribution in [3.05, 3.63) is 52.8 Å². The lowest BCUT2D eigenvalue weighted by atomic mass is 10.2. The van der Waals surface area contributed by atoms with Gasteiger partial charge in [-0.05, 0) is 32.0 Å². The van der Waals surface area contributed by atoms with Crippen LogP contribution in [0.15, 0.2) is 42.0 Å². The molecular formula is C23H36ClN3O3. The monoisotopic (exact) mass is 437 g/mol. The van der Waals surface area contributed by atoms with Gasteiger partial charge >= 0.3 is 0 Å². The van der Waals surface area contributed by atoms with Gasteiger partial charge in [-0.25, -0.2) is 4.98 Å². The molecule has 6 nitrogen and oxygen atoms in total. The zero-order chi connectivity index (χ0) is 22.8. The second-order valence-corrected chi connectivity index (χ2v) is 6.28. The molecule has 0 aromatic carbocycles. The number of nitrogens with two attached hydrogens (primary N) is 1. The van der Waals surface area contributed by atoms with Crippen LogP contribution in [0.3, 0.4) is 0 Å². The molecular weight excluding hydrogens is 402 g/mol. The molecule has 0 bridgehead atoms. The molecule has 3 N–H and O–H groups in total. The van der Waals surface area contributed by atoms with Crippen LogP contribution >= 0.6 is 11.6 Å². The third kappa shape index (κ3) is 10.5. The highest BCUT2D eigenvalue weighted by Crippen LogP contribution is 2.19. The number of H-pyrrole nitrogens is 1. The summed E-state index contributed by atoms with van der Waals surface area (Å²) in [5.41, 5.74) is 6.38. The lowest BCUT2D eigenvalue weighted by molar-refractivity contribution is 0.0564. The topological polar surface area (TPSA) is 90.2 Å². The number of hydrogen-bond donors (Lipinski definition) is 2. The Hall–Kier alpha value is -2.31. The first-order chi connectivity index (χ1) is 14.6. The number of carbonyl (C=O) groups excluding carboxylic acids is 1. The van der Waals surface area contributed by atoms with Gasteiger partial charge in [-0.2, -0.15) is 0 Å². The molecule has 0 saturated carbocycles. The summed E-state index contributed by atoms with van der Waals surface area (Å²) < 4.78 is 10.9. The first-order valence-electron chi connectivity index (χ1n) is 10.5. The van der Waals surface area contributed by atoms with E-state index < -0.39 is 0 Å². The summed E-state index contributed by atoms with van der Waals surface area (Å²) >= 11 is 5.66. The Bertz CT molecular complexity index is 783. The number of rotatable bonds is 5. The van der Waals surface area contributed by atoms with Crippen LogP contribution < -0.4 is 5.73 Å². The van der Waals surface area contributed by atoms with Gasteiger partial charge in [-0.1, -0.05) is 51.4 Å². The lowest BCUT2D eigenvalue weighted by Crippen LogP contribution is -2.13. The van der Waals surface area contributed by atoms with Crippen LogP contribution in [0.4, 0.5) is 0 Å². The SMILES string of the molecule is C/C=C\CC1=C(CC)OCCO1.CC.CCCN.O=Cc1cc2cc(Cl)ncc2[nH]1. The summed E-state index contributed by atoms with van der Waals surface area (Å²) in [5, 5.41) is 1.33. The molecule has 0 fully saturated rings. The van der Waals surface area contributed by atoms with Crippen molar-refractivity contribution in [2.75, 3.05) is 19.8 Å². The van der Waals surface area contributed by atoms with E-state index in [-0.39, 0.29) is 0 Å². The number of ether oxygens (including phenoxy) is 2. The summed E-state index contributed by atoms with van der Waals surface area (Å²) in [6.07, 6.45) is 9.35. The Labute approximate surface area is 185 Å². The van der Waals surface area contributed by atoms with Gasteiger partial charge in [0.2, 0.25) is 0 Å². The van der Waals surface area contributed by atoms with Crippen LogP contribution in [0.25, 0.3) is 10.9 Å². The molecule has 0 spiro atoms. The normalized spacial score (nSPS) is 12.5. The van der Waals surface area contributed by atoms with E-state index in [1.165, 1.54) is 0 Å². The van der Waals surface area contributed by atoms with Crippen LogP contribution in [-0.2, 0) is 9.47 Å². The van der Waals surface area contributed by atoms with Crippen molar-refractivity contribution in [2.24, 2.45) is 5.73 Å². The molecule has 2 aromatic rings. The predicted octanol–water partition coefficient (Wildman–Crippen LogP) is 6.03. The lowest BCUT2D eigenvalue weighted by Gasteiger charge is -2.20. The second kappa shape index (κ2) is 17.5. The van der Waals surface area contributed by atoms with E-state index in [9.17, 15) is 4.79 Å². The molecule has 3 heterocycles. The fraction of sp³-hybridized carbons (Fsp3) is 0.478. The number of aromatic amines is 1. The second-order valence-electron chi connectivity index (χ2n) is 5.90. The van der Waals surface area contributed by atoms with Crippen molar-refractivity contribution < 1.29 is 14.3 Å². The van der Waals surface area contributed by atoms with Gasteiger partial charge in [-0.15, -0.1) is 0 Å². The molecule has 7 heteroatoms. The fourth-order valence-corrected chi connectivity index (χ4v) is 2.44. The van der Waals surface area contributed by atoms with Crippen molar-refractivity contribution in [2.45, 2.75) is 53.9 Å². The van der Waals surface area contributed by atoms with Crippen molar-refractivity contribution in [3.8, 4) is 0 Å². The minimum absolute atomic E-state index is 0.430. The smallest absolute Gasteiger partial charge is 0.166 e. The highest BCUT2D eigenvalue weighted by Gasteiger charge is 2.11. The standard InChI is InChI=1S/C10H16O2.C8H5ClN2O.C3H9N.C2H6/c1-3-5-6-10-9(4-2)11-7-8-12-10;9-8-2-5-1-6(4-12)11-7(5)3-10-8;1-2-3-4;1-2/h3,5H,4,6-8H2,1-2H3;1-4,11H;2-4H2,1H3;1-2H3/b5-3-;;;. The minimum atomic E-state index is 0.430. The zero-order valence-corrected chi connectivity index (χ0v) is 19.6. The Morgan fingerprint density at radius 3 is 2.37 bits per heavy atom. The number of nitrogens with zero attached hydrogens (tertiary/aromatic N) is 1. The van der Waals surface area contributed by atoms with Crippen LogP contribution in [0.2, 0.25) is 5.15 Å². The number of aromatic nitrogens is 2. The minimum Gasteiger partial charge on any atom is -0.491 e. The zero-order valence-electron chi connectivity index (χ0n) is 18.8. The van der Waals surface area contributed by atoms with Gasteiger partial charge in [0.15, 0.2) is 6.29 Å². The van der Waals surface area contributed by atoms with Gasteiger partial charge < -0.3 is 20.2 Å². The molecule has 3 rings (SSSR count). The number of allylic oxidation sites excluding steroid dienone is 3. The molecule has 2 aromatic heterocycles. The third-order valence-corrected chi connectivity index (χ3v) is 3.92. The summed E-state index contributed by atoms with van der Waals surface area (Å²) in [5.74, 6) is 2.02. The summed E-state index contributed by atoms with van der Waals surface area (Å²) in [6, 6.07) is 3.44. The molecule has 0 saturated heterocycles.